The van der Waals surface area contributed by atoms with Gasteiger partial charge >= 0.3 is 0 Å². The van der Waals surface area contributed by atoms with Gasteiger partial charge in [-0.25, -0.2) is 4.39 Å². The molecule has 0 unspecified atom stereocenters. The molecule has 2 heterocycles. The van der Waals surface area contributed by atoms with Crippen LogP contribution in [0.3, 0.4) is 0 Å². The summed E-state index contributed by atoms with van der Waals surface area (Å²) in [5, 5.41) is 8.78. The average Bonchev–Trinajstić information content (AvgIpc) is 3.15. The van der Waals surface area contributed by atoms with Crippen LogP contribution in [0, 0.1) is 5.92 Å². The molecule has 0 aliphatic carbocycles. The van der Waals surface area contributed by atoms with Crippen LogP contribution in [-0.4, -0.2) is 45.9 Å². The highest BCUT2D eigenvalue weighted by atomic mass is 19.1. The van der Waals surface area contributed by atoms with Gasteiger partial charge in [0.25, 0.3) is 5.91 Å². The smallest absolute Gasteiger partial charge is 0.268 e. The van der Waals surface area contributed by atoms with Gasteiger partial charge in [0.15, 0.2) is 0 Å². The number of anilines is 1. The molecule has 0 aromatic carbocycles. The van der Waals surface area contributed by atoms with Crippen molar-refractivity contribution in [1.29, 1.82) is 0 Å². The van der Waals surface area contributed by atoms with Gasteiger partial charge in [-0.2, -0.15) is 5.10 Å². The summed E-state index contributed by atoms with van der Waals surface area (Å²) in [5.74, 6) is -1.25. The number of nitrogens with zero attached hydrogens (tertiary/aromatic N) is 2. The number of H-pyrrole nitrogens is 1. The summed E-state index contributed by atoms with van der Waals surface area (Å²) in [5.41, 5.74) is 5.53. The Bertz CT molecular complexity index is 761. The minimum Gasteiger partial charge on any atom is -0.364 e. The molecule has 1 aromatic rings. The Balaban J connectivity index is 0.000000416. The molecule has 8 nitrogen and oxygen atoms in total. The van der Waals surface area contributed by atoms with Gasteiger partial charge in [0.05, 0.1) is 11.9 Å². The highest BCUT2D eigenvalue weighted by Crippen LogP contribution is 2.20. The Kier molecular flexibility index (Phi) is 9.35. The lowest BCUT2D eigenvalue weighted by Gasteiger charge is -2.30. The number of carbonyl (C=O) groups is 3. The minimum absolute atomic E-state index is 0.0229. The molecule has 0 spiro atoms. The molecule has 2 rings (SSSR count). The summed E-state index contributed by atoms with van der Waals surface area (Å²) < 4.78 is 12.0. The molecule has 1 aliphatic rings. The Labute approximate surface area is 163 Å². The fourth-order valence-electron chi connectivity index (χ4n) is 2.52. The third-order valence-electron chi connectivity index (χ3n) is 4.12. The Hall–Kier alpha value is -3.23. The fourth-order valence-corrected chi connectivity index (χ4v) is 2.52. The number of nitrogens with two attached hydrogens (primary N) is 1. The number of piperidine rings is 1. The largest absolute Gasteiger partial charge is 0.364 e. The van der Waals surface area contributed by atoms with Crippen LogP contribution in [0.5, 0.6) is 0 Å². The zero-order valence-corrected chi connectivity index (χ0v) is 16.1. The van der Waals surface area contributed by atoms with Crippen molar-refractivity contribution in [2.45, 2.75) is 26.7 Å². The molecule has 9 heteroatoms. The summed E-state index contributed by atoms with van der Waals surface area (Å²) in [6.07, 6.45) is 8.39. The van der Waals surface area contributed by atoms with Crippen LogP contribution in [-0.2, 0) is 9.59 Å². The molecule has 0 saturated carbocycles. The number of likely N-dealkylation sites (tertiary alicyclic amines) is 1. The number of hydrogen-bond donors (Lipinski definition) is 3. The van der Waals surface area contributed by atoms with Crippen molar-refractivity contribution in [3.8, 4) is 0 Å². The van der Waals surface area contributed by atoms with Crippen LogP contribution in [0.25, 0.3) is 0 Å². The molecule has 3 amide bonds. The Morgan fingerprint density at radius 2 is 2.04 bits per heavy atom. The number of primary amides is 1. The molecule has 1 fully saturated rings. The molecular weight excluding hydrogens is 365 g/mol. The van der Waals surface area contributed by atoms with Gasteiger partial charge in [0, 0.05) is 25.9 Å². The zero-order valence-electron chi connectivity index (χ0n) is 16.1. The summed E-state index contributed by atoms with van der Waals surface area (Å²) in [6.45, 7) is 7.69. The van der Waals surface area contributed by atoms with E-state index in [4.69, 9.17) is 5.73 Å². The number of allylic oxidation sites excluding steroid dienone is 5. The number of aromatic nitrogens is 2. The molecule has 1 saturated heterocycles. The molecule has 0 bridgehead atoms. The number of amides is 3. The van der Waals surface area contributed by atoms with Gasteiger partial charge in [0.2, 0.25) is 11.8 Å². The molecular formula is C19H26FN5O3. The van der Waals surface area contributed by atoms with E-state index >= 15 is 0 Å². The standard InChI is InChI=1S/C12H17N5O3.C7H9F/c1-7(18)17-4-2-8(3-5-17)12(20)15-9-6-14-16-10(9)11(13)19;1-3-5-6-7(8)4-2/h6,8H,2-5H2,1H3,(H2,13,19)(H,14,16)(H,15,20);3-6H,1H2,2H3/b;6-5-,7-4+. The van der Waals surface area contributed by atoms with E-state index in [9.17, 15) is 18.8 Å². The van der Waals surface area contributed by atoms with Gasteiger partial charge in [-0.3, -0.25) is 19.5 Å². The van der Waals surface area contributed by atoms with E-state index in [0.717, 1.165) is 0 Å². The van der Waals surface area contributed by atoms with E-state index < -0.39 is 5.91 Å². The van der Waals surface area contributed by atoms with Crippen molar-refractivity contribution >= 4 is 23.4 Å². The van der Waals surface area contributed by atoms with E-state index in [1.54, 1.807) is 17.9 Å². The lowest BCUT2D eigenvalue weighted by Crippen LogP contribution is -2.40. The van der Waals surface area contributed by atoms with Crippen molar-refractivity contribution < 1.29 is 18.8 Å². The summed E-state index contributed by atoms with van der Waals surface area (Å²) in [6, 6.07) is 0. The molecule has 0 atom stereocenters. The first kappa shape index (κ1) is 22.8. The van der Waals surface area contributed by atoms with E-state index in [1.165, 1.54) is 31.3 Å². The Morgan fingerprint density at radius 3 is 2.54 bits per heavy atom. The lowest BCUT2D eigenvalue weighted by molar-refractivity contribution is -0.132. The summed E-state index contributed by atoms with van der Waals surface area (Å²) in [7, 11) is 0. The number of halogens is 1. The fraction of sp³-hybridized carbons (Fsp3) is 0.368. The van der Waals surface area contributed by atoms with Gasteiger partial charge in [0.1, 0.15) is 11.5 Å². The topological polar surface area (TPSA) is 121 Å². The summed E-state index contributed by atoms with van der Waals surface area (Å²) >= 11 is 0. The van der Waals surface area contributed by atoms with E-state index in [2.05, 4.69) is 22.1 Å². The summed E-state index contributed by atoms with van der Waals surface area (Å²) in [4.78, 5) is 36.2. The van der Waals surface area contributed by atoms with Crippen molar-refractivity contribution in [1.82, 2.24) is 15.1 Å². The van der Waals surface area contributed by atoms with Gasteiger partial charge in [-0.1, -0.05) is 24.8 Å². The van der Waals surface area contributed by atoms with Crippen LogP contribution in [0.15, 0.2) is 42.9 Å². The molecule has 152 valence electrons. The second kappa shape index (κ2) is 11.5. The Morgan fingerprint density at radius 1 is 1.39 bits per heavy atom. The van der Waals surface area contributed by atoms with Gasteiger partial charge in [-0.05, 0) is 25.8 Å². The van der Waals surface area contributed by atoms with Crippen molar-refractivity contribution in [3.05, 3.63) is 48.6 Å². The van der Waals surface area contributed by atoms with E-state index in [1.807, 2.05) is 0 Å². The maximum absolute atomic E-state index is 12.1. The number of rotatable bonds is 5. The SMILES string of the molecule is C=C/C=C\C(F)=C/C.CC(=O)N1CCC(C(=O)Nc2cn[nH]c2C(N)=O)CC1. The third-order valence-corrected chi connectivity index (χ3v) is 4.12. The van der Waals surface area contributed by atoms with Crippen LogP contribution >= 0.6 is 0 Å². The minimum atomic E-state index is -0.677. The van der Waals surface area contributed by atoms with Crippen molar-refractivity contribution in [3.63, 3.8) is 0 Å². The maximum atomic E-state index is 12.1. The van der Waals surface area contributed by atoms with Crippen LogP contribution in [0.4, 0.5) is 10.1 Å². The normalized spacial score (nSPS) is 15.0. The number of aromatic amines is 1. The second-order valence-electron chi connectivity index (χ2n) is 6.06. The van der Waals surface area contributed by atoms with E-state index in [-0.39, 0.29) is 34.9 Å². The third kappa shape index (κ3) is 7.18. The number of hydrogen-bond acceptors (Lipinski definition) is 4. The molecule has 0 radical (unpaired) electrons. The first-order valence-corrected chi connectivity index (χ1v) is 8.80. The number of carbonyl (C=O) groups excluding carboxylic acids is 3. The van der Waals surface area contributed by atoms with Crippen molar-refractivity contribution in [2.24, 2.45) is 11.7 Å². The first-order chi connectivity index (χ1) is 13.3. The van der Waals surface area contributed by atoms with Crippen LogP contribution in [0.1, 0.15) is 37.2 Å². The van der Waals surface area contributed by atoms with Gasteiger partial charge in [-0.15, -0.1) is 0 Å². The monoisotopic (exact) mass is 391 g/mol. The van der Waals surface area contributed by atoms with Crippen molar-refractivity contribution in [2.75, 3.05) is 18.4 Å². The average molecular weight is 391 g/mol. The highest BCUT2D eigenvalue weighted by Gasteiger charge is 2.27. The lowest BCUT2D eigenvalue weighted by atomic mass is 9.96. The number of nitrogens with one attached hydrogen (secondary N) is 2. The molecule has 1 aromatic heterocycles. The zero-order chi connectivity index (χ0) is 21.1. The van der Waals surface area contributed by atoms with Gasteiger partial charge < -0.3 is 16.0 Å². The van der Waals surface area contributed by atoms with Crippen LogP contribution in [0.2, 0.25) is 0 Å². The van der Waals surface area contributed by atoms with Crippen LogP contribution < -0.4 is 11.1 Å². The highest BCUT2D eigenvalue weighted by molar-refractivity contribution is 6.01. The predicted octanol–water partition coefficient (Wildman–Crippen LogP) is 2.31. The molecule has 4 N–H and O–H groups in total. The molecule has 1 aliphatic heterocycles. The second-order valence-corrected chi connectivity index (χ2v) is 6.06. The molecule has 28 heavy (non-hydrogen) atoms. The predicted molar refractivity (Wildman–Crippen MR) is 105 cm³/mol. The quantitative estimate of drug-likeness (QED) is 0.667. The maximum Gasteiger partial charge on any atom is 0.268 e. The van der Waals surface area contributed by atoms with E-state index in [0.29, 0.717) is 25.9 Å². The first-order valence-electron chi connectivity index (χ1n) is 8.80.